The van der Waals surface area contributed by atoms with Gasteiger partial charge in [-0.15, -0.1) is 0 Å². The minimum Gasteiger partial charge on any atom is -0.443 e. The summed E-state index contributed by atoms with van der Waals surface area (Å²) in [5.74, 6) is 0. The first-order chi connectivity index (χ1) is 13.0. The number of nitrogens with one attached hydrogen (secondary N) is 1. The van der Waals surface area contributed by atoms with Crippen LogP contribution in [0.1, 0.15) is 65.9 Å². The second-order valence-electron chi connectivity index (χ2n) is 9.95. The molecule has 0 aliphatic heterocycles. The lowest BCUT2D eigenvalue weighted by Gasteiger charge is -2.46. The zero-order chi connectivity index (χ0) is 20.9. The quantitative estimate of drug-likeness (QED) is 0.656. The number of aliphatic hydroxyl groups excluding tert-OH is 1. The van der Waals surface area contributed by atoms with Gasteiger partial charge in [0.1, 0.15) is 12.2 Å². The first-order valence-electron chi connectivity index (χ1n) is 10.4. The van der Waals surface area contributed by atoms with Gasteiger partial charge in [-0.05, 0) is 29.2 Å². The van der Waals surface area contributed by atoms with E-state index in [1.807, 2.05) is 30.3 Å². The molecule has 5 nitrogen and oxygen atoms in total. The van der Waals surface area contributed by atoms with Crippen molar-refractivity contribution >= 4 is 6.09 Å². The van der Waals surface area contributed by atoms with Gasteiger partial charge in [-0.3, -0.25) is 0 Å². The van der Waals surface area contributed by atoms with Crippen molar-refractivity contribution < 1.29 is 14.6 Å². The highest BCUT2D eigenvalue weighted by atomic mass is 16.6. The van der Waals surface area contributed by atoms with Gasteiger partial charge in [-0.25, -0.2) is 4.79 Å². The number of hydrogen-bond donors (Lipinski definition) is 3. The molecular weight excluding hydrogens is 352 g/mol. The highest BCUT2D eigenvalue weighted by Crippen LogP contribution is 2.37. The third-order valence-electron chi connectivity index (χ3n) is 6.09. The van der Waals surface area contributed by atoms with E-state index < -0.39 is 18.3 Å². The van der Waals surface area contributed by atoms with Crippen molar-refractivity contribution in [3.05, 3.63) is 35.9 Å². The van der Waals surface area contributed by atoms with Crippen LogP contribution in [0, 0.1) is 10.8 Å². The van der Waals surface area contributed by atoms with E-state index in [1.54, 1.807) is 0 Å². The highest BCUT2D eigenvalue weighted by Gasteiger charge is 2.42. The number of nitrogens with two attached hydrogens (primary N) is 1. The second kappa shape index (κ2) is 9.27. The SMILES string of the molecule is CC(C)(C)C(NC1CCCCC1(C)C)[C@@H](O)[C@H](Cc1ccccc1)OC(N)=O. The molecule has 0 radical (unpaired) electrons. The Bertz CT molecular complexity index is 624. The second-order valence-corrected chi connectivity index (χ2v) is 9.95. The molecule has 1 aliphatic carbocycles. The van der Waals surface area contributed by atoms with Crippen molar-refractivity contribution in [2.45, 2.75) is 91.0 Å². The number of amides is 1. The van der Waals surface area contributed by atoms with Crippen LogP contribution in [0.5, 0.6) is 0 Å². The van der Waals surface area contributed by atoms with Gasteiger partial charge < -0.3 is 20.9 Å². The summed E-state index contributed by atoms with van der Waals surface area (Å²) >= 11 is 0. The van der Waals surface area contributed by atoms with Gasteiger partial charge in [0.05, 0.1) is 0 Å². The molecule has 4 N–H and O–H groups in total. The van der Waals surface area contributed by atoms with Crippen molar-refractivity contribution in [1.29, 1.82) is 0 Å². The van der Waals surface area contributed by atoms with Crippen molar-refractivity contribution in [2.24, 2.45) is 16.6 Å². The lowest BCUT2D eigenvalue weighted by molar-refractivity contribution is -0.0442. The summed E-state index contributed by atoms with van der Waals surface area (Å²) in [5.41, 5.74) is 6.28. The van der Waals surface area contributed by atoms with Crippen LogP contribution in [0.4, 0.5) is 4.79 Å². The minimum absolute atomic E-state index is 0.168. The lowest BCUT2D eigenvalue weighted by Crippen LogP contribution is -2.60. The number of primary amides is 1. The van der Waals surface area contributed by atoms with E-state index in [0.717, 1.165) is 12.0 Å². The number of aliphatic hydroxyl groups is 1. The van der Waals surface area contributed by atoms with Crippen molar-refractivity contribution in [3.63, 3.8) is 0 Å². The van der Waals surface area contributed by atoms with E-state index in [9.17, 15) is 9.90 Å². The van der Waals surface area contributed by atoms with Gasteiger partial charge in [0.25, 0.3) is 0 Å². The summed E-state index contributed by atoms with van der Waals surface area (Å²) < 4.78 is 5.38. The predicted molar refractivity (Wildman–Crippen MR) is 113 cm³/mol. The maximum Gasteiger partial charge on any atom is 0.404 e. The normalized spacial score (nSPS) is 22.9. The smallest absolute Gasteiger partial charge is 0.404 e. The standard InChI is InChI=1S/C23H38N2O3/c1-22(2,3)20(25-18-13-9-10-14-23(18,4)5)19(26)17(28-21(24)27)15-16-11-7-6-8-12-16/h6-8,11-12,17-20,25-26H,9-10,13-15H2,1-5H3,(H2,24,27)/t17-,18?,19-,20?/m0/s1. The monoisotopic (exact) mass is 390 g/mol. The summed E-state index contributed by atoms with van der Waals surface area (Å²) in [5, 5.41) is 15.1. The first-order valence-corrected chi connectivity index (χ1v) is 10.4. The van der Waals surface area contributed by atoms with Crippen LogP contribution in [0.2, 0.25) is 0 Å². The summed E-state index contributed by atoms with van der Waals surface area (Å²) in [6, 6.07) is 9.82. The molecule has 1 amide bonds. The summed E-state index contributed by atoms with van der Waals surface area (Å²) in [6.45, 7) is 10.9. The molecule has 0 spiro atoms. The number of carbonyl (C=O) groups excluding carboxylic acids is 1. The minimum atomic E-state index is -0.870. The molecular formula is C23H38N2O3. The number of rotatable bonds is 7. The molecule has 1 fully saturated rings. The molecule has 0 saturated heterocycles. The Morgan fingerprint density at radius 2 is 1.93 bits per heavy atom. The van der Waals surface area contributed by atoms with Crippen LogP contribution in [-0.4, -0.2) is 35.5 Å². The molecule has 158 valence electrons. The zero-order valence-electron chi connectivity index (χ0n) is 18.1. The Labute approximate surface area is 170 Å². The number of hydrogen-bond acceptors (Lipinski definition) is 4. The van der Waals surface area contributed by atoms with E-state index in [1.165, 1.54) is 19.3 Å². The molecule has 0 heterocycles. The number of benzene rings is 1. The molecule has 4 atom stereocenters. The van der Waals surface area contributed by atoms with Crippen LogP contribution in [0.3, 0.4) is 0 Å². The zero-order valence-corrected chi connectivity index (χ0v) is 18.1. The Hall–Kier alpha value is -1.59. The maximum absolute atomic E-state index is 11.5. The Balaban J connectivity index is 2.24. The van der Waals surface area contributed by atoms with Crippen molar-refractivity contribution in [3.8, 4) is 0 Å². The van der Waals surface area contributed by atoms with Crippen LogP contribution < -0.4 is 11.1 Å². The molecule has 5 heteroatoms. The molecule has 1 aromatic rings. The van der Waals surface area contributed by atoms with E-state index >= 15 is 0 Å². The van der Waals surface area contributed by atoms with Gasteiger partial charge in [0.15, 0.2) is 0 Å². The summed E-state index contributed by atoms with van der Waals surface area (Å²) in [7, 11) is 0. The van der Waals surface area contributed by atoms with Crippen LogP contribution >= 0.6 is 0 Å². The van der Waals surface area contributed by atoms with Gasteiger partial charge in [-0.2, -0.15) is 0 Å². The number of ether oxygens (including phenoxy) is 1. The van der Waals surface area contributed by atoms with Crippen LogP contribution in [-0.2, 0) is 11.2 Å². The fourth-order valence-electron chi connectivity index (χ4n) is 4.32. The maximum atomic E-state index is 11.5. The van der Waals surface area contributed by atoms with Gasteiger partial charge in [-0.1, -0.05) is 77.8 Å². The highest BCUT2D eigenvalue weighted by molar-refractivity contribution is 5.64. The van der Waals surface area contributed by atoms with E-state index in [-0.39, 0.29) is 16.9 Å². The van der Waals surface area contributed by atoms with E-state index in [2.05, 4.69) is 39.9 Å². The molecule has 28 heavy (non-hydrogen) atoms. The largest absolute Gasteiger partial charge is 0.443 e. The van der Waals surface area contributed by atoms with Crippen molar-refractivity contribution in [2.75, 3.05) is 0 Å². The Kier molecular flexibility index (Phi) is 7.52. The molecule has 2 unspecified atom stereocenters. The van der Waals surface area contributed by atoms with Gasteiger partial charge in [0, 0.05) is 18.5 Å². The average Bonchev–Trinajstić information content (AvgIpc) is 2.59. The third-order valence-corrected chi connectivity index (χ3v) is 6.09. The van der Waals surface area contributed by atoms with Gasteiger partial charge in [0.2, 0.25) is 0 Å². The summed E-state index contributed by atoms with van der Waals surface area (Å²) in [6.07, 6.45) is 2.69. The first kappa shape index (κ1) is 22.7. The van der Waals surface area contributed by atoms with E-state index in [0.29, 0.717) is 12.5 Å². The molecule has 1 aromatic carbocycles. The lowest BCUT2D eigenvalue weighted by atomic mass is 9.71. The molecule has 2 rings (SSSR count). The predicted octanol–water partition coefficient (Wildman–Crippen LogP) is 4.03. The summed E-state index contributed by atoms with van der Waals surface area (Å²) in [4.78, 5) is 11.5. The third kappa shape index (κ3) is 6.21. The molecule has 0 aromatic heterocycles. The number of carbonyl (C=O) groups is 1. The van der Waals surface area contributed by atoms with E-state index in [4.69, 9.17) is 10.5 Å². The van der Waals surface area contributed by atoms with Crippen LogP contribution in [0.15, 0.2) is 30.3 Å². The Morgan fingerprint density at radius 1 is 1.29 bits per heavy atom. The molecule has 1 saturated carbocycles. The average molecular weight is 391 g/mol. The van der Waals surface area contributed by atoms with Crippen LogP contribution in [0.25, 0.3) is 0 Å². The van der Waals surface area contributed by atoms with Gasteiger partial charge >= 0.3 is 6.09 Å². The topological polar surface area (TPSA) is 84.6 Å². The Morgan fingerprint density at radius 3 is 2.46 bits per heavy atom. The fraction of sp³-hybridized carbons (Fsp3) is 0.696. The molecule has 0 bridgehead atoms. The molecule has 1 aliphatic rings. The fourth-order valence-corrected chi connectivity index (χ4v) is 4.32. The van der Waals surface area contributed by atoms with Crippen molar-refractivity contribution in [1.82, 2.24) is 5.32 Å².